The summed E-state index contributed by atoms with van der Waals surface area (Å²) in [6, 6.07) is 4.11. The van der Waals surface area contributed by atoms with Gasteiger partial charge in [-0.25, -0.2) is 0 Å². The van der Waals surface area contributed by atoms with E-state index in [0.29, 0.717) is 6.54 Å². The number of pyridine rings is 1. The average Bonchev–Trinajstić information content (AvgIpc) is 2.46. The first-order valence-electron chi connectivity index (χ1n) is 6.69. The van der Waals surface area contributed by atoms with Gasteiger partial charge in [-0.1, -0.05) is 6.07 Å². The Bertz CT molecular complexity index is 421. The summed E-state index contributed by atoms with van der Waals surface area (Å²) in [7, 11) is 3.62. The largest absolute Gasteiger partial charge is 0.347 e. The smallest absolute Gasteiger partial charge is 0.240 e. The van der Waals surface area contributed by atoms with E-state index in [2.05, 4.69) is 28.2 Å². The summed E-state index contributed by atoms with van der Waals surface area (Å²) in [5, 5.41) is 3.30. The first kappa shape index (κ1) is 14.0. The molecule has 0 spiro atoms. The third kappa shape index (κ3) is 3.11. The van der Waals surface area contributed by atoms with Gasteiger partial charge in [-0.2, -0.15) is 0 Å². The Labute approximate surface area is 114 Å². The molecule has 0 bridgehead atoms. The normalized spacial score (nSPS) is 21.9. The van der Waals surface area contributed by atoms with Gasteiger partial charge < -0.3 is 10.2 Å². The number of amides is 1. The van der Waals surface area contributed by atoms with E-state index in [4.69, 9.17) is 0 Å². The molecule has 1 N–H and O–H groups in total. The quantitative estimate of drug-likeness (QED) is 0.862. The zero-order valence-corrected chi connectivity index (χ0v) is 11.8. The van der Waals surface area contributed by atoms with Crippen LogP contribution in [0, 0.1) is 0 Å². The standard InChI is InChI=1S/C14H22N4O/c1-11(12-5-4-6-15-9-12)18-8-7-16-10-13(18)14(19)17(2)3/h4-6,9,11,13,16H,7-8,10H2,1-3H3. The van der Waals surface area contributed by atoms with Crippen LogP contribution in [-0.2, 0) is 4.79 Å². The number of rotatable bonds is 3. The van der Waals surface area contributed by atoms with Gasteiger partial charge in [0.1, 0.15) is 6.04 Å². The molecule has 5 nitrogen and oxygen atoms in total. The Hall–Kier alpha value is -1.46. The maximum Gasteiger partial charge on any atom is 0.240 e. The van der Waals surface area contributed by atoms with Crippen LogP contribution in [0.2, 0.25) is 0 Å². The molecule has 0 saturated carbocycles. The number of hydrogen-bond acceptors (Lipinski definition) is 4. The lowest BCUT2D eigenvalue weighted by molar-refractivity contribution is -0.136. The maximum absolute atomic E-state index is 12.3. The molecule has 1 aromatic rings. The number of aromatic nitrogens is 1. The van der Waals surface area contributed by atoms with E-state index >= 15 is 0 Å². The van der Waals surface area contributed by atoms with Crippen LogP contribution in [0.15, 0.2) is 24.5 Å². The minimum atomic E-state index is -0.0982. The van der Waals surface area contributed by atoms with E-state index in [9.17, 15) is 4.79 Å². The van der Waals surface area contributed by atoms with Crippen LogP contribution in [0.4, 0.5) is 0 Å². The van der Waals surface area contributed by atoms with Gasteiger partial charge in [-0.05, 0) is 18.6 Å². The fraction of sp³-hybridized carbons (Fsp3) is 0.571. The average molecular weight is 262 g/mol. The Morgan fingerprint density at radius 1 is 1.58 bits per heavy atom. The molecule has 0 aromatic carbocycles. The molecule has 2 rings (SSSR count). The summed E-state index contributed by atoms with van der Waals surface area (Å²) >= 11 is 0. The van der Waals surface area contributed by atoms with Crippen molar-refractivity contribution in [2.45, 2.75) is 19.0 Å². The van der Waals surface area contributed by atoms with Crippen LogP contribution in [-0.4, -0.2) is 60.5 Å². The molecular weight excluding hydrogens is 240 g/mol. The van der Waals surface area contributed by atoms with Crippen molar-refractivity contribution in [3.05, 3.63) is 30.1 Å². The molecule has 104 valence electrons. The number of likely N-dealkylation sites (N-methyl/N-ethyl adjacent to an activating group) is 1. The first-order valence-corrected chi connectivity index (χ1v) is 6.69. The fourth-order valence-electron chi connectivity index (χ4n) is 2.53. The van der Waals surface area contributed by atoms with Crippen molar-refractivity contribution in [1.82, 2.24) is 20.1 Å². The van der Waals surface area contributed by atoms with Gasteiger partial charge >= 0.3 is 0 Å². The summed E-state index contributed by atoms with van der Waals surface area (Å²) in [6.07, 6.45) is 3.65. The lowest BCUT2D eigenvalue weighted by Crippen LogP contribution is -2.58. The molecule has 2 atom stereocenters. The summed E-state index contributed by atoms with van der Waals surface area (Å²) in [5.74, 6) is 0.156. The molecule has 1 aromatic heterocycles. The van der Waals surface area contributed by atoms with Crippen molar-refractivity contribution in [3.8, 4) is 0 Å². The number of piperazine rings is 1. The molecule has 0 aliphatic carbocycles. The van der Waals surface area contributed by atoms with Gasteiger partial charge in [0.05, 0.1) is 0 Å². The number of hydrogen-bond donors (Lipinski definition) is 1. The number of nitrogens with zero attached hydrogens (tertiary/aromatic N) is 3. The van der Waals surface area contributed by atoms with Crippen LogP contribution in [0.1, 0.15) is 18.5 Å². The van der Waals surface area contributed by atoms with Crippen molar-refractivity contribution in [2.24, 2.45) is 0 Å². The van der Waals surface area contributed by atoms with E-state index in [1.54, 1.807) is 11.1 Å². The van der Waals surface area contributed by atoms with Crippen LogP contribution >= 0.6 is 0 Å². The van der Waals surface area contributed by atoms with E-state index in [0.717, 1.165) is 18.7 Å². The number of carbonyl (C=O) groups excluding carboxylic acids is 1. The Morgan fingerprint density at radius 3 is 3.00 bits per heavy atom. The van der Waals surface area contributed by atoms with E-state index in [1.165, 1.54) is 0 Å². The van der Waals surface area contributed by atoms with Gasteiger partial charge in [0.15, 0.2) is 0 Å². The molecule has 0 radical (unpaired) electrons. The second-order valence-corrected chi connectivity index (χ2v) is 5.15. The fourth-order valence-corrected chi connectivity index (χ4v) is 2.53. The zero-order chi connectivity index (χ0) is 13.8. The summed E-state index contributed by atoms with van der Waals surface area (Å²) < 4.78 is 0. The third-order valence-electron chi connectivity index (χ3n) is 3.67. The lowest BCUT2D eigenvalue weighted by Gasteiger charge is -2.40. The van der Waals surface area contributed by atoms with Crippen LogP contribution in [0.3, 0.4) is 0 Å². The Morgan fingerprint density at radius 2 is 2.37 bits per heavy atom. The molecular formula is C14H22N4O. The van der Waals surface area contributed by atoms with Gasteiger partial charge in [0, 0.05) is 52.2 Å². The zero-order valence-electron chi connectivity index (χ0n) is 11.8. The Balaban J connectivity index is 2.18. The topological polar surface area (TPSA) is 48.5 Å². The minimum Gasteiger partial charge on any atom is -0.347 e. The maximum atomic E-state index is 12.3. The summed E-state index contributed by atoms with van der Waals surface area (Å²) in [4.78, 5) is 20.4. The third-order valence-corrected chi connectivity index (χ3v) is 3.67. The van der Waals surface area contributed by atoms with Crippen molar-refractivity contribution >= 4 is 5.91 Å². The van der Waals surface area contributed by atoms with Crippen LogP contribution < -0.4 is 5.32 Å². The molecule has 1 saturated heterocycles. The van der Waals surface area contributed by atoms with E-state index in [-0.39, 0.29) is 18.0 Å². The van der Waals surface area contributed by atoms with Gasteiger partial charge in [0.2, 0.25) is 5.91 Å². The highest BCUT2D eigenvalue weighted by molar-refractivity contribution is 5.81. The van der Waals surface area contributed by atoms with Gasteiger partial charge in [0.25, 0.3) is 0 Å². The SMILES string of the molecule is CC(c1cccnc1)N1CCNCC1C(=O)N(C)C. The van der Waals surface area contributed by atoms with Crippen LogP contribution in [0.5, 0.6) is 0 Å². The van der Waals surface area contributed by atoms with Gasteiger partial charge in [-0.3, -0.25) is 14.7 Å². The monoisotopic (exact) mass is 262 g/mol. The van der Waals surface area contributed by atoms with Crippen molar-refractivity contribution in [2.75, 3.05) is 33.7 Å². The molecule has 1 aliphatic heterocycles. The second kappa shape index (κ2) is 6.12. The molecule has 5 heteroatoms. The highest BCUT2D eigenvalue weighted by atomic mass is 16.2. The molecule has 19 heavy (non-hydrogen) atoms. The molecule has 1 aliphatic rings. The van der Waals surface area contributed by atoms with Crippen molar-refractivity contribution in [1.29, 1.82) is 0 Å². The second-order valence-electron chi connectivity index (χ2n) is 5.15. The summed E-state index contributed by atoms with van der Waals surface area (Å²) in [6.45, 7) is 4.64. The molecule has 1 fully saturated rings. The van der Waals surface area contributed by atoms with Crippen molar-refractivity contribution in [3.63, 3.8) is 0 Å². The molecule has 2 unspecified atom stereocenters. The predicted molar refractivity (Wildman–Crippen MR) is 74.7 cm³/mol. The molecule has 1 amide bonds. The van der Waals surface area contributed by atoms with E-state index < -0.39 is 0 Å². The van der Waals surface area contributed by atoms with E-state index in [1.807, 2.05) is 26.4 Å². The number of carbonyl (C=O) groups is 1. The van der Waals surface area contributed by atoms with Gasteiger partial charge in [-0.15, -0.1) is 0 Å². The molecule has 2 heterocycles. The summed E-state index contributed by atoms with van der Waals surface area (Å²) in [5.41, 5.74) is 1.15. The first-order chi connectivity index (χ1) is 9.11. The minimum absolute atomic E-state index is 0.0982. The predicted octanol–water partition coefficient (Wildman–Crippen LogP) is 0.505. The van der Waals surface area contributed by atoms with Crippen molar-refractivity contribution < 1.29 is 4.79 Å². The van der Waals surface area contributed by atoms with Crippen LogP contribution in [0.25, 0.3) is 0 Å². The Kier molecular flexibility index (Phi) is 4.50. The number of nitrogens with one attached hydrogen (secondary N) is 1. The highest BCUT2D eigenvalue weighted by Crippen LogP contribution is 2.23. The lowest BCUT2D eigenvalue weighted by atomic mass is 10.0. The highest BCUT2D eigenvalue weighted by Gasteiger charge is 2.33.